The first-order valence-electron chi connectivity index (χ1n) is 7.45. The number of nitrogens with one attached hydrogen (secondary N) is 1. The van der Waals surface area contributed by atoms with E-state index < -0.39 is 17.8 Å². The molecule has 0 aliphatic carbocycles. The fourth-order valence-electron chi connectivity index (χ4n) is 2.32. The van der Waals surface area contributed by atoms with Crippen LogP contribution in [-0.4, -0.2) is 42.1 Å². The van der Waals surface area contributed by atoms with Gasteiger partial charge in [0.1, 0.15) is 5.75 Å². The maximum Gasteiger partial charge on any atom is 0.426 e. The van der Waals surface area contributed by atoms with Gasteiger partial charge < -0.3 is 14.2 Å². The van der Waals surface area contributed by atoms with Gasteiger partial charge in [0.2, 0.25) is 0 Å². The molecule has 1 aromatic carbocycles. The van der Waals surface area contributed by atoms with Gasteiger partial charge in [0.25, 0.3) is 0 Å². The molecule has 9 heteroatoms. The minimum Gasteiger partial charge on any atom is -0.497 e. The Morgan fingerprint density at radius 2 is 1.80 bits per heavy atom. The van der Waals surface area contributed by atoms with E-state index in [9.17, 15) is 14.4 Å². The third-order valence-electron chi connectivity index (χ3n) is 3.47. The predicted molar refractivity (Wildman–Crippen MR) is 89.0 cm³/mol. The molecular weight excluding hydrogens is 330 g/mol. The topological polar surface area (TPSA) is 101 Å². The third kappa shape index (κ3) is 3.49. The van der Waals surface area contributed by atoms with E-state index in [0.717, 1.165) is 11.8 Å². The van der Waals surface area contributed by atoms with Gasteiger partial charge in [-0.1, -0.05) is 0 Å². The molecule has 134 valence electrons. The highest BCUT2D eigenvalue weighted by Crippen LogP contribution is 2.17. The Balaban J connectivity index is 2.64. The number of benzene rings is 1. The van der Waals surface area contributed by atoms with Crippen LogP contribution in [0.5, 0.6) is 5.75 Å². The Kier molecular flexibility index (Phi) is 5.48. The molecule has 1 amide bonds. The Bertz CT molecular complexity index is 835. The van der Waals surface area contributed by atoms with Crippen molar-refractivity contribution in [3.8, 4) is 11.4 Å². The van der Waals surface area contributed by atoms with Crippen molar-refractivity contribution in [2.24, 2.45) is 0 Å². The Labute approximate surface area is 143 Å². The Morgan fingerprint density at radius 3 is 2.32 bits per heavy atom. The van der Waals surface area contributed by atoms with Gasteiger partial charge in [0.15, 0.2) is 5.69 Å². The average Bonchev–Trinajstić information content (AvgIpc) is 2.85. The van der Waals surface area contributed by atoms with Crippen LogP contribution in [0.4, 0.5) is 4.79 Å². The van der Waals surface area contributed by atoms with Crippen molar-refractivity contribution in [2.45, 2.75) is 13.8 Å². The number of hydrogen-bond donors (Lipinski definition) is 1. The second kappa shape index (κ2) is 7.56. The summed E-state index contributed by atoms with van der Waals surface area (Å²) < 4.78 is 16.7. The largest absolute Gasteiger partial charge is 0.497 e. The minimum absolute atomic E-state index is 0.0898. The lowest BCUT2D eigenvalue weighted by atomic mass is 10.2. The zero-order valence-corrected chi connectivity index (χ0v) is 14.4. The van der Waals surface area contributed by atoms with E-state index in [-0.39, 0.29) is 12.3 Å². The van der Waals surface area contributed by atoms with E-state index in [1.54, 1.807) is 38.1 Å². The summed E-state index contributed by atoms with van der Waals surface area (Å²) in [7, 11) is 2.68. The van der Waals surface area contributed by atoms with Crippen molar-refractivity contribution >= 4 is 12.1 Å². The molecule has 0 saturated heterocycles. The van der Waals surface area contributed by atoms with Gasteiger partial charge in [-0.15, -0.1) is 0 Å². The van der Waals surface area contributed by atoms with Crippen molar-refractivity contribution in [2.75, 3.05) is 26.3 Å². The standard InChI is InChI=1S/C16H19N3O6/c1-5-25-14(20)13-10(2)18(11-6-8-12(23-3)9-7-11)16(22)19(13)17-15(21)24-4/h6-9H,5H2,1-4H3,(H,17,21). The summed E-state index contributed by atoms with van der Waals surface area (Å²) in [6, 6.07) is 6.67. The van der Waals surface area contributed by atoms with Gasteiger partial charge in [0, 0.05) is 0 Å². The minimum atomic E-state index is -0.889. The average molecular weight is 349 g/mol. The first-order chi connectivity index (χ1) is 11.9. The second-order valence-corrected chi connectivity index (χ2v) is 4.91. The first-order valence-corrected chi connectivity index (χ1v) is 7.45. The highest BCUT2D eigenvalue weighted by Gasteiger charge is 2.26. The zero-order valence-electron chi connectivity index (χ0n) is 14.4. The van der Waals surface area contributed by atoms with Gasteiger partial charge in [-0.2, -0.15) is 4.68 Å². The van der Waals surface area contributed by atoms with Gasteiger partial charge in [-0.3, -0.25) is 4.57 Å². The van der Waals surface area contributed by atoms with Crippen LogP contribution in [0.1, 0.15) is 23.1 Å². The summed E-state index contributed by atoms with van der Waals surface area (Å²) in [6.45, 7) is 3.34. The van der Waals surface area contributed by atoms with Crippen molar-refractivity contribution in [1.29, 1.82) is 0 Å². The number of ether oxygens (including phenoxy) is 3. The van der Waals surface area contributed by atoms with Gasteiger partial charge in [-0.25, -0.2) is 19.8 Å². The number of imidazole rings is 1. The molecular formula is C16H19N3O6. The van der Waals surface area contributed by atoms with E-state index in [0.29, 0.717) is 17.1 Å². The molecule has 2 rings (SSSR count). The van der Waals surface area contributed by atoms with Gasteiger partial charge in [-0.05, 0) is 38.1 Å². The van der Waals surface area contributed by atoms with E-state index in [1.165, 1.54) is 11.7 Å². The van der Waals surface area contributed by atoms with E-state index in [1.807, 2.05) is 0 Å². The molecule has 0 spiro atoms. The fourth-order valence-corrected chi connectivity index (χ4v) is 2.32. The van der Waals surface area contributed by atoms with Crippen LogP contribution in [0, 0.1) is 6.92 Å². The van der Waals surface area contributed by atoms with Crippen LogP contribution in [0.15, 0.2) is 29.1 Å². The maximum atomic E-state index is 12.7. The summed E-state index contributed by atoms with van der Waals surface area (Å²) in [5.41, 5.74) is 2.30. The fraction of sp³-hybridized carbons (Fsp3) is 0.312. The van der Waals surface area contributed by atoms with Crippen molar-refractivity contribution in [3.05, 3.63) is 46.1 Å². The molecule has 0 unspecified atom stereocenters. The highest BCUT2D eigenvalue weighted by atomic mass is 16.5. The molecule has 9 nitrogen and oxygen atoms in total. The molecule has 0 radical (unpaired) electrons. The number of nitrogens with zero attached hydrogens (tertiary/aromatic N) is 2. The lowest BCUT2D eigenvalue weighted by molar-refractivity contribution is 0.0514. The quantitative estimate of drug-likeness (QED) is 0.820. The number of carbonyl (C=O) groups is 2. The molecule has 0 saturated carbocycles. The number of esters is 1. The zero-order chi connectivity index (χ0) is 18.6. The monoisotopic (exact) mass is 349 g/mol. The normalized spacial score (nSPS) is 10.2. The summed E-state index contributed by atoms with van der Waals surface area (Å²) in [4.78, 5) is 36.5. The van der Waals surface area contributed by atoms with Crippen LogP contribution in [0.25, 0.3) is 5.69 Å². The number of amides is 1. The molecule has 25 heavy (non-hydrogen) atoms. The molecule has 0 aliphatic rings. The Hall–Kier alpha value is -3.23. The SMILES string of the molecule is CCOC(=O)c1c(C)n(-c2ccc(OC)cc2)c(=O)n1NC(=O)OC. The van der Waals surface area contributed by atoms with Crippen molar-refractivity contribution in [3.63, 3.8) is 0 Å². The van der Waals surface area contributed by atoms with Crippen molar-refractivity contribution < 1.29 is 23.8 Å². The summed E-state index contributed by atoms with van der Waals surface area (Å²) >= 11 is 0. The van der Waals surface area contributed by atoms with E-state index in [4.69, 9.17) is 9.47 Å². The molecule has 0 bridgehead atoms. The van der Waals surface area contributed by atoms with Crippen LogP contribution >= 0.6 is 0 Å². The lowest BCUT2D eigenvalue weighted by Crippen LogP contribution is -2.36. The van der Waals surface area contributed by atoms with Crippen LogP contribution in [-0.2, 0) is 9.47 Å². The van der Waals surface area contributed by atoms with Gasteiger partial charge in [0.05, 0.1) is 32.2 Å². The smallest absolute Gasteiger partial charge is 0.426 e. The number of carbonyl (C=O) groups excluding carboxylic acids is 2. The molecule has 1 heterocycles. The molecule has 1 N–H and O–H groups in total. The van der Waals surface area contributed by atoms with E-state index in [2.05, 4.69) is 10.2 Å². The van der Waals surface area contributed by atoms with Crippen LogP contribution in [0.3, 0.4) is 0 Å². The molecule has 2 aromatic rings. The number of methoxy groups -OCH3 is 2. The lowest BCUT2D eigenvalue weighted by Gasteiger charge is -2.07. The molecule has 1 aromatic heterocycles. The number of aromatic nitrogens is 2. The van der Waals surface area contributed by atoms with Crippen LogP contribution < -0.4 is 15.9 Å². The highest BCUT2D eigenvalue weighted by molar-refractivity contribution is 5.90. The maximum absolute atomic E-state index is 12.7. The summed E-state index contributed by atoms with van der Waals surface area (Å²) in [6.07, 6.45) is -0.889. The molecule has 0 atom stereocenters. The number of rotatable bonds is 5. The van der Waals surface area contributed by atoms with Crippen LogP contribution in [0.2, 0.25) is 0 Å². The predicted octanol–water partition coefficient (Wildman–Crippen LogP) is 1.44. The first kappa shape index (κ1) is 18.1. The van der Waals surface area contributed by atoms with Gasteiger partial charge >= 0.3 is 17.8 Å². The Morgan fingerprint density at radius 1 is 1.16 bits per heavy atom. The number of hydrogen-bond acceptors (Lipinski definition) is 6. The summed E-state index contributed by atoms with van der Waals surface area (Å²) in [5.74, 6) is -0.118. The third-order valence-corrected chi connectivity index (χ3v) is 3.47. The van der Waals surface area contributed by atoms with E-state index >= 15 is 0 Å². The molecule has 0 aliphatic heterocycles. The molecule has 0 fully saturated rings. The second-order valence-electron chi connectivity index (χ2n) is 4.91. The van der Waals surface area contributed by atoms with Crippen molar-refractivity contribution in [1.82, 2.24) is 9.24 Å². The summed E-state index contributed by atoms with van der Waals surface area (Å²) in [5, 5.41) is 0.